The predicted molar refractivity (Wildman–Crippen MR) is 72.5 cm³/mol. The van der Waals surface area contributed by atoms with Crippen LogP contribution in [0.5, 0.6) is 0 Å². The van der Waals surface area contributed by atoms with Crippen molar-refractivity contribution in [3.05, 3.63) is 0 Å². The fourth-order valence-corrected chi connectivity index (χ4v) is 3.81. The predicted octanol–water partition coefficient (Wildman–Crippen LogP) is 1.87. The lowest BCUT2D eigenvalue weighted by Gasteiger charge is -2.28. The molecular weight excluding hydrogens is 252 g/mol. The molecule has 0 N–H and O–H groups in total. The van der Waals surface area contributed by atoms with Gasteiger partial charge in [0.25, 0.3) is 0 Å². The van der Waals surface area contributed by atoms with Crippen LogP contribution in [0, 0.1) is 5.92 Å². The second-order valence-corrected chi connectivity index (χ2v) is 6.58. The summed E-state index contributed by atoms with van der Waals surface area (Å²) in [6.07, 6.45) is 0.399. The molecule has 18 heavy (non-hydrogen) atoms. The van der Waals surface area contributed by atoms with Crippen molar-refractivity contribution in [2.45, 2.75) is 27.7 Å². The zero-order valence-corrected chi connectivity index (χ0v) is 13.4. The van der Waals surface area contributed by atoms with Gasteiger partial charge in [-0.2, -0.15) is 0 Å². The van der Waals surface area contributed by atoms with Crippen LogP contribution >= 0.6 is 0 Å². The lowest BCUT2D eigenvalue weighted by molar-refractivity contribution is 0.0160. The van der Waals surface area contributed by atoms with Crippen LogP contribution in [0.4, 0.5) is 0 Å². The second-order valence-electron chi connectivity index (χ2n) is 4.06. The average Bonchev–Trinajstić information content (AvgIpc) is 2.30. The molecule has 0 amide bonds. The van der Waals surface area contributed by atoms with Crippen molar-refractivity contribution in [2.75, 3.05) is 46.4 Å². The van der Waals surface area contributed by atoms with E-state index in [9.17, 15) is 0 Å². The second kappa shape index (κ2) is 10.9. The fourth-order valence-electron chi connectivity index (χ4n) is 1.63. The Morgan fingerprint density at radius 1 is 0.889 bits per heavy atom. The standard InChI is InChI=1S/C12H28O5Si/c1-6-15-18(16-7-2,17-8-3)11-14-10-12(4)9-13-5/h12H,6-11H2,1-5H3. The van der Waals surface area contributed by atoms with Gasteiger partial charge in [0.2, 0.25) is 0 Å². The fraction of sp³-hybridized carbons (Fsp3) is 1.00. The maximum absolute atomic E-state index is 5.69. The van der Waals surface area contributed by atoms with Crippen LogP contribution in [-0.4, -0.2) is 55.2 Å². The number of hydrogen-bond donors (Lipinski definition) is 0. The first-order valence-electron chi connectivity index (χ1n) is 6.62. The Kier molecular flexibility index (Phi) is 10.9. The van der Waals surface area contributed by atoms with Crippen molar-refractivity contribution in [1.82, 2.24) is 0 Å². The Morgan fingerprint density at radius 2 is 1.39 bits per heavy atom. The lowest BCUT2D eigenvalue weighted by atomic mass is 10.2. The van der Waals surface area contributed by atoms with Crippen LogP contribution in [-0.2, 0) is 22.8 Å². The van der Waals surface area contributed by atoms with Gasteiger partial charge in [-0.25, -0.2) is 0 Å². The van der Waals surface area contributed by atoms with Crippen LogP contribution in [0.25, 0.3) is 0 Å². The van der Waals surface area contributed by atoms with E-state index in [0.29, 0.717) is 45.2 Å². The topological polar surface area (TPSA) is 46.2 Å². The summed E-state index contributed by atoms with van der Waals surface area (Å²) in [6, 6.07) is 0. The van der Waals surface area contributed by atoms with Gasteiger partial charge in [-0.3, -0.25) is 0 Å². The minimum Gasteiger partial charge on any atom is -0.384 e. The van der Waals surface area contributed by atoms with Crippen LogP contribution in [0.3, 0.4) is 0 Å². The summed E-state index contributed by atoms with van der Waals surface area (Å²) in [5.74, 6) is 0.353. The maximum atomic E-state index is 5.69. The summed E-state index contributed by atoms with van der Waals surface area (Å²) in [5, 5.41) is 0. The molecule has 0 heterocycles. The van der Waals surface area contributed by atoms with Crippen molar-refractivity contribution in [3.63, 3.8) is 0 Å². The van der Waals surface area contributed by atoms with Gasteiger partial charge < -0.3 is 22.8 Å². The van der Waals surface area contributed by atoms with E-state index in [1.54, 1.807) is 7.11 Å². The highest BCUT2D eigenvalue weighted by atomic mass is 28.4. The number of ether oxygens (including phenoxy) is 2. The van der Waals surface area contributed by atoms with Gasteiger partial charge in [0.1, 0.15) is 6.23 Å². The minimum absolute atomic E-state index is 0.353. The molecule has 0 fully saturated rings. The van der Waals surface area contributed by atoms with E-state index in [1.807, 2.05) is 20.8 Å². The van der Waals surface area contributed by atoms with Gasteiger partial charge in [-0.05, 0) is 20.8 Å². The Balaban J connectivity index is 4.20. The molecule has 0 rings (SSSR count). The molecule has 0 radical (unpaired) electrons. The Morgan fingerprint density at radius 3 is 1.78 bits per heavy atom. The third-order valence-corrected chi connectivity index (χ3v) is 4.97. The molecule has 0 saturated heterocycles. The highest BCUT2D eigenvalue weighted by molar-refractivity contribution is 6.60. The molecule has 0 saturated carbocycles. The first kappa shape index (κ1) is 18.0. The van der Waals surface area contributed by atoms with Gasteiger partial charge in [-0.15, -0.1) is 0 Å². The van der Waals surface area contributed by atoms with E-state index in [0.717, 1.165) is 0 Å². The molecule has 5 nitrogen and oxygen atoms in total. The van der Waals surface area contributed by atoms with E-state index < -0.39 is 8.80 Å². The van der Waals surface area contributed by atoms with E-state index >= 15 is 0 Å². The first-order valence-corrected chi connectivity index (χ1v) is 8.55. The number of rotatable bonds is 12. The molecule has 0 aliphatic rings. The Bertz CT molecular complexity index is 174. The van der Waals surface area contributed by atoms with Gasteiger partial charge in [-0.1, -0.05) is 6.92 Å². The maximum Gasteiger partial charge on any atom is 0.528 e. The highest BCUT2D eigenvalue weighted by Gasteiger charge is 2.41. The first-order chi connectivity index (χ1) is 8.64. The quantitative estimate of drug-likeness (QED) is 0.511. The zero-order valence-electron chi connectivity index (χ0n) is 12.4. The van der Waals surface area contributed by atoms with Crippen LogP contribution < -0.4 is 0 Å². The lowest BCUT2D eigenvalue weighted by Crippen LogP contribution is -2.51. The summed E-state index contributed by atoms with van der Waals surface area (Å²) in [6.45, 7) is 10.9. The van der Waals surface area contributed by atoms with Crippen molar-refractivity contribution < 1.29 is 22.8 Å². The smallest absolute Gasteiger partial charge is 0.384 e. The average molecular weight is 280 g/mol. The monoisotopic (exact) mass is 280 g/mol. The summed E-state index contributed by atoms with van der Waals surface area (Å²) >= 11 is 0. The van der Waals surface area contributed by atoms with E-state index in [2.05, 4.69) is 6.92 Å². The molecule has 0 spiro atoms. The molecule has 1 unspecified atom stereocenters. The van der Waals surface area contributed by atoms with Gasteiger partial charge in [0, 0.05) is 32.8 Å². The van der Waals surface area contributed by atoms with E-state index in [1.165, 1.54) is 0 Å². The van der Waals surface area contributed by atoms with Crippen LogP contribution in [0.15, 0.2) is 0 Å². The summed E-state index contributed by atoms with van der Waals surface area (Å²) in [4.78, 5) is 0. The third-order valence-electron chi connectivity index (χ3n) is 2.23. The molecule has 0 bridgehead atoms. The molecule has 0 aromatic heterocycles. The summed E-state index contributed by atoms with van der Waals surface area (Å²) in [5.41, 5.74) is 0. The molecular formula is C12H28O5Si. The summed E-state index contributed by atoms with van der Waals surface area (Å²) < 4.78 is 27.8. The SMILES string of the molecule is CCO[Si](COCC(C)COC)(OCC)OCC. The largest absolute Gasteiger partial charge is 0.528 e. The Labute approximate surface area is 112 Å². The highest BCUT2D eigenvalue weighted by Crippen LogP contribution is 2.11. The number of methoxy groups -OCH3 is 1. The van der Waals surface area contributed by atoms with Gasteiger partial charge in [0.15, 0.2) is 0 Å². The number of hydrogen-bond acceptors (Lipinski definition) is 5. The molecule has 6 heteroatoms. The third kappa shape index (κ3) is 7.45. The molecule has 0 aromatic rings. The molecule has 1 atom stereocenters. The molecule has 0 aromatic carbocycles. The summed E-state index contributed by atoms with van der Waals surface area (Å²) in [7, 11) is -0.958. The van der Waals surface area contributed by atoms with Crippen LogP contribution in [0.1, 0.15) is 27.7 Å². The normalized spacial score (nSPS) is 13.8. The molecule has 0 aliphatic carbocycles. The van der Waals surface area contributed by atoms with E-state index in [-0.39, 0.29) is 0 Å². The van der Waals surface area contributed by atoms with Crippen molar-refractivity contribution in [1.29, 1.82) is 0 Å². The minimum atomic E-state index is -2.65. The van der Waals surface area contributed by atoms with Crippen molar-refractivity contribution in [3.8, 4) is 0 Å². The van der Waals surface area contributed by atoms with Crippen LogP contribution in [0.2, 0.25) is 0 Å². The van der Waals surface area contributed by atoms with E-state index in [4.69, 9.17) is 22.8 Å². The zero-order chi connectivity index (χ0) is 13.9. The van der Waals surface area contributed by atoms with Crippen molar-refractivity contribution in [2.24, 2.45) is 5.92 Å². The molecule has 110 valence electrons. The van der Waals surface area contributed by atoms with Gasteiger partial charge in [0.05, 0.1) is 13.2 Å². The molecule has 0 aliphatic heterocycles. The van der Waals surface area contributed by atoms with Crippen molar-refractivity contribution >= 4 is 8.80 Å². The van der Waals surface area contributed by atoms with Gasteiger partial charge >= 0.3 is 8.80 Å². The Hall–Kier alpha value is 0.0169.